The first-order valence-corrected chi connectivity index (χ1v) is 14.8. The number of hydrogen-bond donors (Lipinski definition) is 3. The summed E-state index contributed by atoms with van der Waals surface area (Å²) < 4.78 is 15.5. The zero-order valence-corrected chi connectivity index (χ0v) is 22.3. The minimum absolute atomic E-state index is 0.0393. The Labute approximate surface area is 206 Å². The highest BCUT2D eigenvalue weighted by molar-refractivity contribution is 7.46. The maximum Gasteiger partial charge on any atom is 0.469 e. The number of hydrogen-bond acceptors (Lipinski definition) is 5. The van der Waals surface area contributed by atoms with Crippen LogP contribution in [0.4, 0.5) is 0 Å². The van der Waals surface area contributed by atoms with Crippen molar-refractivity contribution in [2.75, 3.05) is 6.54 Å². The Morgan fingerprint density at radius 3 is 1.82 bits per heavy atom. The lowest BCUT2D eigenvalue weighted by Crippen LogP contribution is -2.01. The minimum Gasteiger partial charge on any atom is -0.505 e. The van der Waals surface area contributed by atoms with Crippen molar-refractivity contribution in [2.24, 2.45) is 4.99 Å². The standard InChI is InChI=1S/C26H47N2O5P/c1-3-4-5-6-7-8-9-10-11-12-13-14-15-16-17-18-19-27-21-25-24(22-33-34(30,31)32)20-28-23(2)26(25)29/h20-21,29H,3-19,22H2,1-2H3,(H2,30,31,32). The lowest BCUT2D eigenvalue weighted by atomic mass is 10.0. The molecule has 0 saturated carbocycles. The van der Waals surface area contributed by atoms with E-state index in [1.54, 1.807) is 13.1 Å². The van der Waals surface area contributed by atoms with Gasteiger partial charge in [0.25, 0.3) is 0 Å². The van der Waals surface area contributed by atoms with Gasteiger partial charge in [-0.1, -0.05) is 103 Å². The van der Waals surface area contributed by atoms with Crippen LogP contribution in [0.5, 0.6) is 5.75 Å². The van der Waals surface area contributed by atoms with Gasteiger partial charge in [-0.3, -0.25) is 14.5 Å². The average molecular weight is 499 g/mol. The van der Waals surface area contributed by atoms with Crippen LogP contribution in [-0.4, -0.2) is 32.6 Å². The predicted octanol–water partition coefficient (Wildman–Crippen LogP) is 7.39. The van der Waals surface area contributed by atoms with E-state index in [1.165, 1.54) is 96.1 Å². The first-order chi connectivity index (χ1) is 16.3. The van der Waals surface area contributed by atoms with Crippen LogP contribution in [0.15, 0.2) is 11.2 Å². The number of rotatable bonds is 21. The number of pyridine rings is 1. The van der Waals surface area contributed by atoms with Gasteiger partial charge in [0.05, 0.1) is 12.3 Å². The van der Waals surface area contributed by atoms with E-state index in [4.69, 9.17) is 9.79 Å². The van der Waals surface area contributed by atoms with E-state index in [0.717, 1.165) is 12.8 Å². The van der Waals surface area contributed by atoms with Gasteiger partial charge in [-0.15, -0.1) is 0 Å². The van der Waals surface area contributed by atoms with Crippen molar-refractivity contribution in [1.82, 2.24) is 4.98 Å². The molecule has 3 N–H and O–H groups in total. The maximum atomic E-state index is 11.0. The largest absolute Gasteiger partial charge is 0.505 e. The molecule has 196 valence electrons. The maximum absolute atomic E-state index is 11.0. The van der Waals surface area contributed by atoms with Crippen molar-refractivity contribution in [3.8, 4) is 5.75 Å². The lowest BCUT2D eigenvalue weighted by molar-refractivity contribution is 0.188. The van der Waals surface area contributed by atoms with Gasteiger partial charge in [0.1, 0.15) is 5.75 Å². The SMILES string of the molecule is CCCCCCCCCCCCCCCCCCN=Cc1c(COP(=O)(O)O)cnc(C)c1O. The number of aliphatic imine (C=N–C) groups is 1. The van der Waals surface area contributed by atoms with E-state index >= 15 is 0 Å². The van der Waals surface area contributed by atoms with Crippen LogP contribution in [0.1, 0.15) is 126 Å². The number of aromatic hydroxyl groups is 1. The van der Waals surface area contributed by atoms with Crippen molar-refractivity contribution in [3.05, 3.63) is 23.0 Å². The summed E-state index contributed by atoms with van der Waals surface area (Å²) in [5, 5.41) is 10.2. The van der Waals surface area contributed by atoms with Crippen LogP contribution in [-0.2, 0) is 15.7 Å². The third kappa shape index (κ3) is 15.6. The van der Waals surface area contributed by atoms with E-state index in [2.05, 4.69) is 21.4 Å². The number of phosphoric ester groups is 1. The summed E-state index contributed by atoms with van der Waals surface area (Å²) >= 11 is 0. The quantitative estimate of drug-likeness (QED) is 0.0925. The normalized spacial score (nSPS) is 12.1. The van der Waals surface area contributed by atoms with Gasteiger partial charge in [0.15, 0.2) is 0 Å². The summed E-state index contributed by atoms with van der Waals surface area (Å²) in [6.45, 7) is 4.24. The van der Waals surface area contributed by atoms with Crippen LogP contribution in [0.2, 0.25) is 0 Å². The summed E-state index contributed by atoms with van der Waals surface area (Å²) in [5.74, 6) is -0.0393. The van der Waals surface area contributed by atoms with Gasteiger partial charge in [-0.25, -0.2) is 4.57 Å². The molecule has 1 heterocycles. The molecular weight excluding hydrogens is 451 g/mol. The van der Waals surface area contributed by atoms with E-state index in [0.29, 0.717) is 23.4 Å². The molecule has 0 aliphatic heterocycles. The molecule has 0 spiro atoms. The molecule has 0 unspecified atom stereocenters. The van der Waals surface area contributed by atoms with E-state index in [1.807, 2.05) is 0 Å². The molecule has 0 saturated heterocycles. The first-order valence-electron chi connectivity index (χ1n) is 13.2. The smallest absolute Gasteiger partial charge is 0.469 e. The Kier molecular flexibility index (Phi) is 17.2. The number of nitrogens with zero attached hydrogens (tertiary/aromatic N) is 2. The Hall–Kier alpha value is -1.27. The number of phosphoric acid groups is 1. The van der Waals surface area contributed by atoms with Crippen LogP contribution in [0.3, 0.4) is 0 Å². The Morgan fingerprint density at radius 2 is 1.35 bits per heavy atom. The van der Waals surface area contributed by atoms with Crippen LogP contribution >= 0.6 is 7.82 Å². The van der Waals surface area contributed by atoms with Crippen molar-refractivity contribution in [2.45, 2.75) is 123 Å². The molecule has 0 aliphatic rings. The summed E-state index contributed by atoms with van der Waals surface area (Å²) in [6, 6.07) is 0. The Morgan fingerprint density at radius 1 is 0.882 bits per heavy atom. The summed E-state index contributed by atoms with van der Waals surface area (Å²) in [4.78, 5) is 26.2. The Bertz CT molecular complexity index is 736. The number of aromatic nitrogens is 1. The molecule has 8 heteroatoms. The molecule has 0 radical (unpaired) electrons. The average Bonchev–Trinajstić information content (AvgIpc) is 2.79. The molecule has 34 heavy (non-hydrogen) atoms. The molecule has 0 bridgehead atoms. The molecule has 0 fully saturated rings. The zero-order chi connectivity index (χ0) is 25.1. The van der Waals surface area contributed by atoms with Crippen LogP contribution < -0.4 is 0 Å². The van der Waals surface area contributed by atoms with Crippen molar-refractivity contribution >= 4 is 14.0 Å². The minimum atomic E-state index is -4.60. The predicted molar refractivity (Wildman–Crippen MR) is 139 cm³/mol. The van der Waals surface area contributed by atoms with Gasteiger partial charge in [0.2, 0.25) is 0 Å². The van der Waals surface area contributed by atoms with Crippen molar-refractivity contribution in [3.63, 3.8) is 0 Å². The fraction of sp³-hybridized carbons (Fsp3) is 0.769. The van der Waals surface area contributed by atoms with Gasteiger partial charge in [0, 0.05) is 30.1 Å². The first kappa shape index (κ1) is 30.8. The highest BCUT2D eigenvalue weighted by Crippen LogP contribution is 2.37. The number of aryl methyl sites for hydroxylation is 1. The van der Waals surface area contributed by atoms with Gasteiger partial charge >= 0.3 is 7.82 Å². The van der Waals surface area contributed by atoms with Gasteiger partial charge < -0.3 is 14.9 Å². The highest BCUT2D eigenvalue weighted by atomic mass is 31.2. The fourth-order valence-corrected chi connectivity index (χ4v) is 4.28. The molecule has 0 aromatic carbocycles. The summed E-state index contributed by atoms with van der Waals surface area (Å²) in [5.41, 5.74) is 1.23. The molecule has 0 amide bonds. The molecule has 7 nitrogen and oxygen atoms in total. The Balaban J connectivity index is 2.09. The van der Waals surface area contributed by atoms with Crippen LogP contribution in [0, 0.1) is 6.92 Å². The van der Waals surface area contributed by atoms with Crippen LogP contribution in [0.25, 0.3) is 0 Å². The van der Waals surface area contributed by atoms with Crippen molar-refractivity contribution in [1.29, 1.82) is 0 Å². The second-order valence-corrected chi connectivity index (χ2v) is 10.5. The zero-order valence-electron chi connectivity index (χ0n) is 21.4. The van der Waals surface area contributed by atoms with Crippen molar-refractivity contribution < 1.29 is 24.0 Å². The third-order valence-electron chi connectivity index (χ3n) is 6.11. The highest BCUT2D eigenvalue weighted by Gasteiger charge is 2.17. The molecule has 0 atom stereocenters. The molecular formula is C26H47N2O5P. The second-order valence-electron chi connectivity index (χ2n) is 9.23. The summed E-state index contributed by atoms with van der Waals surface area (Å²) in [6.07, 6.45) is 24.2. The second kappa shape index (κ2) is 19.0. The molecule has 1 aromatic heterocycles. The molecule has 1 aromatic rings. The van der Waals surface area contributed by atoms with Gasteiger partial charge in [-0.2, -0.15) is 0 Å². The topological polar surface area (TPSA) is 112 Å². The third-order valence-corrected chi connectivity index (χ3v) is 6.57. The monoisotopic (exact) mass is 498 g/mol. The van der Waals surface area contributed by atoms with Gasteiger partial charge in [-0.05, 0) is 13.3 Å². The fourth-order valence-electron chi connectivity index (χ4n) is 3.97. The summed E-state index contributed by atoms with van der Waals surface area (Å²) in [7, 11) is -4.60. The number of unbranched alkanes of at least 4 members (excludes halogenated alkanes) is 15. The van der Waals surface area contributed by atoms with E-state index < -0.39 is 7.82 Å². The molecule has 1 rings (SSSR count). The molecule has 0 aliphatic carbocycles. The lowest BCUT2D eigenvalue weighted by Gasteiger charge is -2.10. The van der Waals surface area contributed by atoms with E-state index in [-0.39, 0.29) is 12.4 Å². The van der Waals surface area contributed by atoms with E-state index in [9.17, 15) is 9.67 Å².